The molecule has 0 saturated heterocycles. The molecule has 0 aromatic heterocycles. The van der Waals surface area contributed by atoms with Crippen LogP contribution in [-0.4, -0.2) is 86.5 Å². The summed E-state index contributed by atoms with van der Waals surface area (Å²) in [5, 5.41) is 51.0. The molecule has 4 atom stereocenters. The zero-order valence-corrected chi connectivity index (χ0v) is 25.8. The summed E-state index contributed by atoms with van der Waals surface area (Å²) in [5.41, 5.74) is 3.77. The molecule has 0 heterocycles. The monoisotopic (exact) mass is 618 g/mol. The normalized spacial score (nSPS) is 24.7. The van der Waals surface area contributed by atoms with Crippen LogP contribution in [0, 0.1) is 11.8 Å². The molecule has 0 radical (unpaired) electrons. The Morgan fingerprint density at radius 2 is 1.69 bits per heavy atom. The number of amides is 2. The van der Waals surface area contributed by atoms with Crippen molar-refractivity contribution in [3.8, 4) is 16.9 Å². The van der Waals surface area contributed by atoms with Gasteiger partial charge in [0.05, 0.1) is 18.2 Å². The minimum Gasteiger partial charge on any atom is -0.510 e. The van der Waals surface area contributed by atoms with E-state index in [1.54, 1.807) is 44.4 Å². The van der Waals surface area contributed by atoms with Crippen molar-refractivity contribution in [2.24, 2.45) is 17.6 Å². The number of anilines is 1. The fraction of sp³-hybridized carbons (Fsp3) is 0.394. The highest BCUT2D eigenvalue weighted by atomic mass is 16.3. The molecule has 0 fully saturated rings. The summed E-state index contributed by atoms with van der Waals surface area (Å²) in [6.45, 7) is 6.02. The van der Waals surface area contributed by atoms with Crippen molar-refractivity contribution in [2.75, 3.05) is 26.0 Å². The Balaban J connectivity index is 1.54. The number of aliphatic hydroxyl groups is 3. The lowest BCUT2D eigenvalue weighted by Crippen LogP contribution is -2.63. The van der Waals surface area contributed by atoms with Crippen molar-refractivity contribution in [1.29, 1.82) is 0 Å². The topological polar surface area (TPSA) is 203 Å². The van der Waals surface area contributed by atoms with Crippen LogP contribution in [0.4, 0.5) is 5.69 Å². The molecule has 45 heavy (non-hydrogen) atoms. The molecule has 12 nitrogen and oxygen atoms in total. The number of primary amides is 1. The van der Waals surface area contributed by atoms with E-state index in [0.29, 0.717) is 22.4 Å². The Morgan fingerprint density at radius 3 is 2.27 bits per heavy atom. The van der Waals surface area contributed by atoms with Crippen molar-refractivity contribution in [3.05, 3.63) is 70.2 Å². The predicted molar refractivity (Wildman–Crippen MR) is 165 cm³/mol. The summed E-state index contributed by atoms with van der Waals surface area (Å²) in [6, 6.07) is 8.99. The number of phenols is 1. The average Bonchev–Trinajstić information content (AvgIpc) is 2.94. The minimum absolute atomic E-state index is 0.00553. The quantitative estimate of drug-likeness (QED) is 0.235. The van der Waals surface area contributed by atoms with Crippen LogP contribution in [0.5, 0.6) is 5.75 Å². The number of aliphatic hydroxyl groups excluding tert-OH is 2. The van der Waals surface area contributed by atoms with E-state index in [2.05, 4.69) is 10.6 Å². The number of carbonyl (C=O) groups is 4. The first-order chi connectivity index (χ1) is 21.0. The average molecular weight is 619 g/mol. The van der Waals surface area contributed by atoms with Gasteiger partial charge in [0, 0.05) is 22.7 Å². The first-order valence-electron chi connectivity index (χ1n) is 14.6. The number of hydrogen-bond donors (Lipinski definition) is 7. The van der Waals surface area contributed by atoms with Crippen LogP contribution in [-0.2, 0) is 20.8 Å². The third-order valence-electron chi connectivity index (χ3n) is 8.86. The lowest BCUT2D eigenvalue weighted by molar-refractivity contribution is -0.148. The van der Waals surface area contributed by atoms with Gasteiger partial charge in [-0.25, -0.2) is 0 Å². The van der Waals surface area contributed by atoms with Crippen LogP contribution in [0.15, 0.2) is 59.1 Å². The molecule has 2 aromatic rings. The summed E-state index contributed by atoms with van der Waals surface area (Å²) < 4.78 is 0. The van der Waals surface area contributed by atoms with Crippen molar-refractivity contribution in [1.82, 2.24) is 10.2 Å². The third kappa shape index (κ3) is 5.28. The first kappa shape index (κ1) is 31.9. The number of Topliss-reactive ketones (excluding diaryl/α,β-unsaturated/α-hetero) is 2. The molecule has 0 saturated carbocycles. The maximum absolute atomic E-state index is 14.0. The van der Waals surface area contributed by atoms with Crippen molar-refractivity contribution in [2.45, 2.75) is 50.8 Å². The number of hydrogen-bond acceptors (Lipinski definition) is 10. The highest BCUT2D eigenvalue weighted by Gasteiger charge is 2.63. The molecular weight excluding hydrogens is 580 g/mol. The van der Waals surface area contributed by atoms with Crippen molar-refractivity contribution >= 4 is 29.1 Å². The smallest absolute Gasteiger partial charge is 0.255 e. The number of aromatic hydroxyl groups is 1. The third-order valence-corrected chi connectivity index (χ3v) is 8.86. The molecule has 0 aliphatic heterocycles. The van der Waals surface area contributed by atoms with Gasteiger partial charge in [-0.05, 0) is 88.5 Å². The Kier molecular flexibility index (Phi) is 7.89. The second kappa shape index (κ2) is 11.1. The number of carbonyl (C=O) groups excluding carboxylic acids is 4. The number of nitrogens with two attached hydrogens (primary N) is 1. The first-order valence-corrected chi connectivity index (χ1v) is 14.6. The number of likely N-dealkylation sites (N-methyl/N-ethyl adjacent to an activating group) is 1. The predicted octanol–water partition coefficient (Wildman–Crippen LogP) is 2.11. The number of fused-ring (bicyclic) bond motifs is 3. The van der Waals surface area contributed by atoms with Gasteiger partial charge < -0.3 is 36.8 Å². The summed E-state index contributed by atoms with van der Waals surface area (Å²) >= 11 is 0. The van der Waals surface area contributed by atoms with E-state index in [9.17, 15) is 39.6 Å². The maximum Gasteiger partial charge on any atom is 0.255 e. The fourth-order valence-corrected chi connectivity index (χ4v) is 6.80. The molecular formula is C33H38N4O8. The molecule has 2 aromatic carbocycles. The van der Waals surface area contributed by atoms with Gasteiger partial charge in [0.15, 0.2) is 11.4 Å². The Hall–Kier alpha value is -4.52. The fourth-order valence-electron chi connectivity index (χ4n) is 6.80. The number of benzene rings is 2. The number of ketones is 2. The Labute approximate surface area is 260 Å². The summed E-state index contributed by atoms with van der Waals surface area (Å²) in [4.78, 5) is 53.5. The van der Waals surface area contributed by atoms with Gasteiger partial charge >= 0.3 is 0 Å². The van der Waals surface area contributed by atoms with Crippen LogP contribution in [0.3, 0.4) is 0 Å². The second-order valence-corrected chi connectivity index (χ2v) is 13.2. The van der Waals surface area contributed by atoms with Crippen LogP contribution < -0.4 is 16.4 Å². The van der Waals surface area contributed by atoms with Crippen molar-refractivity contribution < 1.29 is 39.6 Å². The van der Waals surface area contributed by atoms with E-state index >= 15 is 0 Å². The number of nitrogens with zero attached hydrogens (tertiary/aromatic N) is 1. The number of nitrogens with one attached hydrogen (secondary N) is 2. The molecule has 4 unspecified atom stereocenters. The van der Waals surface area contributed by atoms with Gasteiger partial charge in [0.2, 0.25) is 11.7 Å². The van der Waals surface area contributed by atoms with Crippen molar-refractivity contribution in [3.63, 3.8) is 0 Å². The van der Waals surface area contributed by atoms with Gasteiger partial charge in [-0.3, -0.25) is 24.1 Å². The number of phenolic OH excluding ortho intramolecular Hbond substituents is 1. The summed E-state index contributed by atoms with van der Waals surface area (Å²) in [7, 11) is 3.16. The molecule has 3 aliphatic carbocycles. The van der Waals surface area contributed by atoms with Gasteiger partial charge in [-0.2, -0.15) is 0 Å². The van der Waals surface area contributed by atoms with E-state index < -0.39 is 58.0 Å². The molecule has 0 bridgehead atoms. The van der Waals surface area contributed by atoms with Crippen LogP contribution in [0.25, 0.3) is 11.1 Å². The largest absolute Gasteiger partial charge is 0.510 e. The van der Waals surface area contributed by atoms with Crippen LogP contribution in [0.2, 0.25) is 0 Å². The molecule has 2 amide bonds. The van der Waals surface area contributed by atoms with Gasteiger partial charge in [0.1, 0.15) is 22.8 Å². The Morgan fingerprint density at radius 1 is 1.04 bits per heavy atom. The molecule has 12 heteroatoms. The second-order valence-electron chi connectivity index (χ2n) is 13.2. The van der Waals surface area contributed by atoms with Gasteiger partial charge in [-0.1, -0.05) is 18.2 Å². The zero-order chi connectivity index (χ0) is 33.2. The van der Waals surface area contributed by atoms with Gasteiger partial charge in [-0.15, -0.1) is 0 Å². The zero-order valence-electron chi connectivity index (χ0n) is 25.8. The van der Waals surface area contributed by atoms with Crippen LogP contribution >= 0.6 is 0 Å². The number of allylic oxidation sites excluding steroid dienone is 1. The maximum atomic E-state index is 14.0. The highest BCUT2D eigenvalue weighted by molar-refractivity contribution is 6.25. The lowest BCUT2D eigenvalue weighted by Gasteiger charge is -2.50. The number of rotatable bonds is 6. The molecule has 238 valence electrons. The highest BCUT2D eigenvalue weighted by Crippen LogP contribution is 2.53. The summed E-state index contributed by atoms with van der Waals surface area (Å²) in [6.07, 6.45) is 0.156. The van der Waals surface area contributed by atoms with E-state index in [0.717, 1.165) is 0 Å². The Bertz CT molecular complexity index is 1690. The lowest BCUT2D eigenvalue weighted by atomic mass is 9.58. The molecule has 5 rings (SSSR count). The van der Waals surface area contributed by atoms with E-state index in [1.807, 2.05) is 20.8 Å². The minimum atomic E-state index is -2.69. The van der Waals surface area contributed by atoms with Crippen LogP contribution in [0.1, 0.15) is 43.1 Å². The van der Waals surface area contributed by atoms with E-state index in [4.69, 9.17) is 5.73 Å². The van der Waals surface area contributed by atoms with E-state index in [-0.39, 0.29) is 47.7 Å². The summed E-state index contributed by atoms with van der Waals surface area (Å²) in [5.74, 6) is -7.18. The SMILES string of the molecule is CN(C)C1C(O)=C(C(N)=O)C(=O)C2(O)C(O)=C3C(=O)c4c(O)ccc(-c5ccc(NC(=O)CNC(C)(C)C)cc5)c4CC3CC12. The molecule has 8 N–H and O–H groups in total. The molecule has 3 aliphatic rings. The standard InChI is InChI=1S/C33H38N4O8/c1-32(2,3)35-14-22(39)36-17-8-6-15(7-9-17)18-10-11-21(38)24-19(18)12-16-13-20-26(37(4)5)28(41)25(31(34)44)30(43)33(20,45)29(42)23(16)27(24)40/h6-11,16,20,26,35,38,41-42,45H,12-14H2,1-5H3,(H2,34,44)(H,36,39). The van der Waals surface area contributed by atoms with Gasteiger partial charge in [0.25, 0.3) is 5.91 Å². The van der Waals surface area contributed by atoms with E-state index in [1.165, 1.54) is 11.0 Å². The molecule has 0 spiro atoms.